The topological polar surface area (TPSA) is 530 Å². The number of urea groups is 1. The number of primary amides is 1. The number of carbonyl (C=O) groups is 9. The highest BCUT2D eigenvalue weighted by molar-refractivity contribution is 14.1. The van der Waals surface area contributed by atoms with E-state index in [0.29, 0.717) is 98.3 Å². The second-order valence-corrected chi connectivity index (χ2v) is 38.3. The van der Waals surface area contributed by atoms with Gasteiger partial charge in [0.2, 0.25) is 46.7 Å². The third-order valence-electron chi connectivity index (χ3n) is 22.7. The summed E-state index contributed by atoms with van der Waals surface area (Å²) in [5.41, 5.74) is 15.0. The molecule has 0 radical (unpaired) electrons. The van der Waals surface area contributed by atoms with Gasteiger partial charge in [0, 0.05) is 76.6 Å². The SMILES string of the molecule is CCN(CC(=O)NCCCNCCCCNCCCNC(=O)[C@H](CCCNC(N)=O)NC(=O)[C@@H](NC(=O)[C@H](CCCCN)NC(C)=O)C(C)C)[C@H]1CO[C@@H](O[C@H]2[C@H](O[C@H]3C#C/C=C\C#CC4CC(=O)C(NC(=O)OC)=C3/C4=C\CSSC(C)C)O[C@H](C)[C@@H](NO[C@H]3C[C@H](O)[C@H](SC(=O)c4c(C)c(I)c(O[C@@H]5O[C@@H](C)[C@H](O)[C@@H](OC)[C@H]5O)c(OC)c4OC)[C@@H](C)O3)[C@@H]2O)C[C@@H]1OC. The van der Waals surface area contributed by atoms with Crippen LogP contribution in [0.5, 0.6) is 17.2 Å². The predicted octanol–water partition coefficient (Wildman–Crippen LogP) is 2.60. The van der Waals surface area contributed by atoms with Crippen molar-refractivity contribution in [2.75, 3.05) is 113 Å². The third kappa shape index (κ3) is 33.6. The van der Waals surface area contributed by atoms with E-state index < -0.39 is 180 Å². The third-order valence-corrected chi connectivity index (χ3v) is 28.2. The number of aliphatic hydroxyl groups excluding tert-OH is 4. The van der Waals surface area contributed by atoms with E-state index in [1.54, 1.807) is 76.3 Å². The van der Waals surface area contributed by atoms with Crippen LogP contribution in [0.4, 0.5) is 9.59 Å². The van der Waals surface area contributed by atoms with Gasteiger partial charge in [-0.2, -0.15) is 5.48 Å². The van der Waals surface area contributed by atoms with Gasteiger partial charge in [-0.25, -0.2) is 9.59 Å². The zero-order valence-electron chi connectivity index (χ0n) is 77.5. The summed E-state index contributed by atoms with van der Waals surface area (Å²) in [7, 11) is 10.0. The van der Waals surface area contributed by atoms with Crippen molar-refractivity contribution in [3.05, 3.63) is 49.8 Å². The number of methoxy groups -OCH3 is 5. The Morgan fingerprint density at radius 1 is 0.702 bits per heavy atom. The summed E-state index contributed by atoms with van der Waals surface area (Å²) in [5.74, 6) is 9.25. The normalized spacial score (nSPS) is 27.3. The zero-order chi connectivity index (χ0) is 96.1. The molecular weight excluding hydrogens is 1880 g/mol. The van der Waals surface area contributed by atoms with Crippen LogP contribution < -0.4 is 79.0 Å². The van der Waals surface area contributed by atoms with Crippen LogP contribution in [0.25, 0.3) is 0 Å². The molecule has 0 spiro atoms. The first-order valence-electron chi connectivity index (χ1n) is 44.6. The Labute approximate surface area is 793 Å². The highest BCUT2D eigenvalue weighted by Gasteiger charge is 2.52. The van der Waals surface area contributed by atoms with Crippen molar-refractivity contribution in [3.8, 4) is 40.9 Å². The van der Waals surface area contributed by atoms with Crippen molar-refractivity contribution in [2.24, 2.45) is 23.3 Å². The number of Topliss-reactive ketones (excluding diaryl/α,β-unsaturated/α-hetero) is 1. The molecule has 7 rings (SSSR count). The van der Waals surface area contributed by atoms with Crippen molar-refractivity contribution in [2.45, 2.75) is 279 Å². The summed E-state index contributed by atoms with van der Waals surface area (Å²) >= 11 is 2.81. The Morgan fingerprint density at radius 3 is 1.98 bits per heavy atom. The minimum absolute atomic E-state index is 0.00718. The first kappa shape index (κ1) is 111. The number of nitrogens with two attached hydrogens (primary N) is 2. The smallest absolute Gasteiger partial charge is 0.411 e. The molecule has 1 unspecified atom stereocenters. The number of unbranched alkanes of at least 4 members (excludes halogenated alkanes) is 2. The molecule has 39 nitrogen and oxygen atoms in total. The molecule has 8 amide bonds. The summed E-state index contributed by atoms with van der Waals surface area (Å²) in [4.78, 5) is 128. The fourth-order valence-electron chi connectivity index (χ4n) is 15.7. The maximum absolute atomic E-state index is 14.7. The standard InChI is InChI=1S/C88H138IN13O26S3/c1-16-102(45-63(106)94-39-26-36-92-34-23-24-35-93-37-27-40-95-81(110)56(30-25-38-96-87(91)114)98-83(112)69(47(2)3)99-82(111)57(97-53(10)103)29-21-22-33-90)58-46-121-64(44-62(58)116-11)126-78-73(108)70(50(7)123-86(78)125-61-31-20-18-17-19-28-54-42-59(104)71(100-88(115)120-15)67(61)55(54)32-41-129-131-48(4)5)101-128-65-43-60(105)80(52(9)122-65)130-84(113)66-49(6)68(89)76(79(119-14)75(66)117-12)127-85-74(109)77(118-13)72(107)51(8)124-85/h17-18,32,47-48,50-52,54,56-58,60-62,64-65,69-70,72-74,77-78,80,85-86,92-93,101,105,107-109H,16,21-27,29-30,33-46,90H2,1-15H3,(H,94,106)(H,95,110)(H,97,103)(H,98,112)(H,99,111)(H,100,115)(H3,91,96,114)/b18-17-,55-32-/t50-,51+,52-,54?,56+,57+,58+,60+,61+,62+,64+,65+,69+,70-,72+,73+,74-,77-,78-,80-,85+,86+/m1/s1. The number of aliphatic hydroxyl groups is 4. The number of ketones is 1. The Balaban J connectivity index is 0.952. The van der Waals surface area contributed by atoms with Crippen molar-refractivity contribution >= 4 is 108 Å². The number of ether oxygens (including phenoxy) is 12. The molecule has 4 saturated heterocycles. The lowest BCUT2D eigenvalue weighted by atomic mass is 9.78. The number of halogens is 1. The van der Waals surface area contributed by atoms with Crippen LogP contribution in [0.15, 0.2) is 35.1 Å². The van der Waals surface area contributed by atoms with Gasteiger partial charge in [-0.15, -0.1) is 0 Å². The van der Waals surface area contributed by atoms with E-state index in [1.807, 2.05) is 40.5 Å². The molecule has 18 N–H and O–H groups in total. The molecule has 0 saturated carbocycles. The average Bonchev–Trinajstić information content (AvgIpc) is 0.780. The van der Waals surface area contributed by atoms with Gasteiger partial charge in [0.15, 0.2) is 36.2 Å². The Kier molecular flexibility index (Phi) is 48.7. The summed E-state index contributed by atoms with van der Waals surface area (Å²) < 4.78 is 74.2. The predicted molar refractivity (Wildman–Crippen MR) is 500 cm³/mol. The van der Waals surface area contributed by atoms with Gasteiger partial charge in [0.25, 0.3) is 0 Å². The van der Waals surface area contributed by atoms with Crippen LogP contribution in [0.1, 0.15) is 155 Å². The molecule has 1 aromatic rings. The van der Waals surface area contributed by atoms with Gasteiger partial charge in [-0.1, -0.05) is 97.7 Å². The van der Waals surface area contributed by atoms with Crippen LogP contribution in [0.2, 0.25) is 0 Å². The molecule has 0 aromatic heterocycles. The number of hydrogen-bond donors (Lipinski definition) is 16. The second kappa shape index (κ2) is 57.3. The number of alkyl carbamates (subject to hydrolysis) is 1. The number of hydroxylamine groups is 1. The minimum atomic E-state index is -1.59. The fraction of sp³-hybridized carbons (Fsp3) is 0.716. The lowest BCUT2D eigenvalue weighted by Crippen LogP contribution is -2.65. The van der Waals surface area contributed by atoms with Crippen molar-refractivity contribution < 1.29 is 125 Å². The minimum Gasteiger partial charge on any atom is -0.492 e. The van der Waals surface area contributed by atoms with Crippen LogP contribution >= 0.6 is 55.9 Å². The van der Waals surface area contributed by atoms with Crippen LogP contribution in [-0.2, 0) is 76.2 Å². The first-order chi connectivity index (χ1) is 62.6. The van der Waals surface area contributed by atoms with Crippen molar-refractivity contribution in [3.63, 3.8) is 0 Å². The molecule has 131 heavy (non-hydrogen) atoms. The molecule has 2 bridgehead atoms. The number of benzene rings is 1. The number of hydrogen-bond acceptors (Lipinski definition) is 34. The van der Waals surface area contributed by atoms with Crippen LogP contribution in [0, 0.1) is 46.0 Å². The molecule has 22 atom stereocenters. The van der Waals surface area contributed by atoms with E-state index in [-0.39, 0.29) is 96.5 Å². The van der Waals surface area contributed by atoms with Crippen LogP contribution in [0.3, 0.4) is 0 Å². The number of nitrogens with one attached hydrogen (secondary N) is 10. The van der Waals surface area contributed by atoms with Crippen LogP contribution in [-0.4, -0.2) is 324 Å². The molecular formula is C88H138IN13O26S3. The number of fused-ring (bicyclic) bond motifs is 2. The largest absolute Gasteiger partial charge is 0.492 e. The average molecular weight is 2020 g/mol. The number of carbonyl (C=O) groups excluding carboxylic acids is 9. The fourth-order valence-corrected chi connectivity index (χ4v) is 19.3. The van der Waals surface area contributed by atoms with E-state index in [2.05, 4.69) is 90.9 Å². The van der Waals surface area contributed by atoms with Crippen molar-refractivity contribution in [1.82, 2.24) is 58.2 Å². The lowest BCUT2D eigenvalue weighted by Gasteiger charge is -2.47. The summed E-state index contributed by atoms with van der Waals surface area (Å²) in [6.45, 7) is 22.0. The number of allylic oxidation sites excluding steroid dienone is 3. The van der Waals surface area contributed by atoms with E-state index in [9.17, 15) is 63.6 Å². The lowest BCUT2D eigenvalue weighted by molar-refractivity contribution is -0.337. The molecule has 4 aliphatic heterocycles. The maximum atomic E-state index is 14.7. The first-order valence-corrected chi connectivity index (χ1v) is 49.0. The van der Waals surface area contributed by atoms with E-state index in [1.165, 1.54) is 41.4 Å². The Morgan fingerprint density at radius 2 is 1.36 bits per heavy atom. The summed E-state index contributed by atoms with van der Waals surface area (Å²) in [6, 6.07) is -5.20. The molecule has 4 heterocycles. The molecule has 2 aliphatic carbocycles. The number of thioether (sulfide) groups is 1. The molecule has 43 heteroatoms. The summed E-state index contributed by atoms with van der Waals surface area (Å²) in [6.07, 6.45) is -8.69. The quantitative estimate of drug-likeness (QED) is 0.0146. The molecule has 6 aliphatic rings. The van der Waals surface area contributed by atoms with E-state index in [4.69, 9.17) is 73.1 Å². The molecule has 736 valence electrons. The zero-order valence-corrected chi connectivity index (χ0v) is 82.1. The van der Waals surface area contributed by atoms with Gasteiger partial charge in [-0.05, 0) is 177 Å². The van der Waals surface area contributed by atoms with Gasteiger partial charge in [0.05, 0.1) is 103 Å². The van der Waals surface area contributed by atoms with Gasteiger partial charge < -0.3 is 131 Å². The Hall–Kier alpha value is -6.75. The highest BCUT2D eigenvalue weighted by atomic mass is 127. The monoisotopic (exact) mass is 2020 g/mol. The second-order valence-electron chi connectivity index (χ2n) is 33.0. The van der Waals surface area contributed by atoms with Gasteiger partial charge >= 0.3 is 12.1 Å². The van der Waals surface area contributed by atoms with Gasteiger partial charge in [-0.3, -0.25) is 48.6 Å². The number of amides is 8. The molecule has 1 aromatic carbocycles. The Bertz CT molecular complexity index is 4130. The molecule has 4 fully saturated rings. The summed E-state index contributed by atoms with van der Waals surface area (Å²) in [5, 5.41) is 71.7. The van der Waals surface area contributed by atoms with E-state index in [0.717, 1.165) is 37.7 Å². The number of likely N-dealkylation sites (N-methyl/N-ethyl adjacent to an activating group) is 1. The van der Waals surface area contributed by atoms with Crippen molar-refractivity contribution in [1.29, 1.82) is 0 Å². The van der Waals surface area contributed by atoms with E-state index >= 15 is 0 Å². The number of nitrogens with zero attached hydrogens (tertiary/aromatic N) is 1. The number of rotatable bonds is 52. The highest BCUT2D eigenvalue weighted by Crippen LogP contribution is 2.49. The maximum Gasteiger partial charge on any atom is 0.411 e. The van der Waals surface area contributed by atoms with Gasteiger partial charge in [0.1, 0.15) is 54.7 Å².